The zero-order valence-electron chi connectivity index (χ0n) is 16.9. The van der Waals surface area contributed by atoms with Crippen LogP contribution in [0.2, 0.25) is 0 Å². The van der Waals surface area contributed by atoms with Crippen LogP contribution in [0.4, 0.5) is 5.69 Å². The molecule has 0 radical (unpaired) electrons. The van der Waals surface area contributed by atoms with Crippen molar-refractivity contribution in [2.75, 3.05) is 30.8 Å². The first kappa shape index (κ1) is 21.8. The summed E-state index contributed by atoms with van der Waals surface area (Å²) in [6.07, 6.45) is 2.71. The van der Waals surface area contributed by atoms with Crippen LogP contribution in [0, 0.1) is 13.8 Å². The molecule has 0 unspecified atom stereocenters. The molecule has 1 amide bonds. The smallest absolute Gasteiger partial charge is 0.240 e. The van der Waals surface area contributed by atoms with Crippen LogP contribution in [-0.4, -0.2) is 40.8 Å². The van der Waals surface area contributed by atoms with Crippen LogP contribution in [0.1, 0.15) is 23.1 Å². The number of carbonyl (C=O) groups excluding carboxylic acids is 1. The fraction of sp³-hybridized carbons (Fsp3) is 0.381. The number of nitrogens with zero attached hydrogens (tertiary/aromatic N) is 1. The number of benzene rings is 2. The van der Waals surface area contributed by atoms with E-state index in [0.717, 1.165) is 29.0 Å². The van der Waals surface area contributed by atoms with Gasteiger partial charge in [-0.2, -0.15) is 0 Å². The van der Waals surface area contributed by atoms with E-state index in [1.165, 1.54) is 18.2 Å². The van der Waals surface area contributed by atoms with E-state index in [2.05, 4.69) is 29.6 Å². The lowest BCUT2D eigenvalue weighted by Gasteiger charge is -2.24. The van der Waals surface area contributed by atoms with Crippen molar-refractivity contribution in [1.82, 2.24) is 5.32 Å². The van der Waals surface area contributed by atoms with Crippen molar-refractivity contribution in [2.45, 2.75) is 26.7 Å². The number of amides is 1. The third-order valence-electron chi connectivity index (χ3n) is 4.38. The van der Waals surface area contributed by atoms with Gasteiger partial charge in [-0.25, -0.2) is 8.42 Å². The number of hydrogen-bond donors (Lipinski definition) is 1. The van der Waals surface area contributed by atoms with Crippen molar-refractivity contribution in [3.8, 4) is 5.75 Å². The summed E-state index contributed by atoms with van der Waals surface area (Å²) >= 11 is 0. The third-order valence-corrected chi connectivity index (χ3v) is 5.50. The van der Waals surface area contributed by atoms with Crippen LogP contribution in [-0.2, 0) is 21.2 Å². The largest absolute Gasteiger partial charge is 0.495 e. The number of rotatable bonds is 9. The molecule has 28 heavy (non-hydrogen) atoms. The van der Waals surface area contributed by atoms with Gasteiger partial charge in [0, 0.05) is 6.54 Å². The highest BCUT2D eigenvalue weighted by Crippen LogP contribution is 2.30. The molecule has 0 aliphatic rings. The Balaban J connectivity index is 1.98. The first-order valence-electron chi connectivity index (χ1n) is 9.15. The number of ether oxygens (including phenoxy) is 1. The van der Waals surface area contributed by atoms with Gasteiger partial charge in [-0.15, -0.1) is 0 Å². The van der Waals surface area contributed by atoms with Crippen LogP contribution < -0.4 is 14.4 Å². The van der Waals surface area contributed by atoms with E-state index < -0.39 is 10.0 Å². The van der Waals surface area contributed by atoms with Crippen molar-refractivity contribution in [2.24, 2.45) is 0 Å². The Kier molecular flexibility index (Phi) is 7.45. The van der Waals surface area contributed by atoms with Crippen molar-refractivity contribution >= 4 is 21.6 Å². The molecule has 0 fully saturated rings. The van der Waals surface area contributed by atoms with Gasteiger partial charge in [0.05, 0.1) is 19.1 Å². The Hall–Kier alpha value is -2.54. The maximum Gasteiger partial charge on any atom is 0.240 e. The molecular formula is C21H28N2O4S. The Bertz CT molecular complexity index is 909. The van der Waals surface area contributed by atoms with Crippen molar-refractivity contribution in [3.05, 3.63) is 59.2 Å². The number of carbonyl (C=O) groups is 1. The number of anilines is 1. The van der Waals surface area contributed by atoms with Gasteiger partial charge in [0.2, 0.25) is 15.9 Å². The van der Waals surface area contributed by atoms with Crippen molar-refractivity contribution in [3.63, 3.8) is 0 Å². The molecule has 0 atom stereocenters. The lowest BCUT2D eigenvalue weighted by Crippen LogP contribution is -2.40. The van der Waals surface area contributed by atoms with E-state index >= 15 is 0 Å². The highest BCUT2D eigenvalue weighted by Gasteiger charge is 2.24. The lowest BCUT2D eigenvalue weighted by molar-refractivity contribution is -0.119. The van der Waals surface area contributed by atoms with E-state index in [0.29, 0.717) is 18.0 Å². The topological polar surface area (TPSA) is 75.7 Å². The summed E-state index contributed by atoms with van der Waals surface area (Å²) in [6.45, 7) is 4.09. The number of methoxy groups -OCH3 is 1. The number of hydrogen-bond acceptors (Lipinski definition) is 4. The highest BCUT2D eigenvalue weighted by atomic mass is 32.2. The van der Waals surface area contributed by atoms with Gasteiger partial charge in [0.25, 0.3) is 0 Å². The Morgan fingerprint density at radius 1 is 1.07 bits per heavy atom. The summed E-state index contributed by atoms with van der Waals surface area (Å²) in [5.74, 6) is 0.0566. The number of aryl methyl sites for hydroxylation is 3. The maximum absolute atomic E-state index is 12.4. The second-order valence-corrected chi connectivity index (χ2v) is 8.79. The maximum atomic E-state index is 12.4. The molecule has 0 saturated carbocycles. The second-order valence-electron chi connectivity index (χ2n) is 6.88. The van der Waals surface area contributed by atoms with E-state index in [4.69, 9.17) is 4.74 Å². The third kappa shape index (κ3) is 6.27. The predicted octanol–water partition coefficient (Wildman–Crippen LogP) is 2.83. The molecule has 0 aromatic heterocycles. The van der Waals surface area contributed by atoms with Gasteiger partial charge in [0.15, 0.2) is 0 Å². The molecule has 0 spiro atoms. The fourth-order valence-electron chi connectivity index (χ4n) is 2.84. The molecule has 2 rings (SSSR count). The molecule has 0 aliphatic heterocycles. The second kappa shape index (κ2) is 9.59. The zero-order valence-corrected chi connectivity index (χ0v) is 17.7. The molecule has 152 valence electrons. The SMILES string of the molecule is COc1ccc(C)cc1N(CC(=O)NCCCc1ccc(C)cc1)S(C)(=O)=O. The van der Waals surface area contributed by atoms with E-state index in [9.17, 15) is 13.2 Å². The zero-order chi connectivity index (χ0) is 20.7. The van der Waals surface area contributed by atoms with Gasteiger partial charge in [-0.05, 0) is 49.9 Å². The molecule has 2 aromatic carbocycles. The van der Waals surface area contributed by atoms with Gasteiger partial charge >= 0.3 is 0 Å². The molecule has 2 aromatic rings. The molecule has 0 bridgehead atoms. The molecule has 6 nitrogen and oxygen atoms in total. The quantitative estimate of drug-likeness (QED) is 0.652. The molecule has 0 aliphatic carbocycles. The normalized spacial score (nSPS) is 11.1. The van der Waals surface area contributed by atoms with Crippen LogP contribution in [0.3, 0.4) is 0 Å². The summed E-state index contributed by atoms with van der Waals surface area (Å²) < 4.78 is 30.9. The Labute approximate surface area is 167 Å². The summed E-state index contributed by atoms with van der Waals surface area (Å²) in [7, 11) is -2.18. The fourth-order valence-corrected chi connectivity index (χ4v) is 3.69. The lowest BCUT2D eigenvalue weighted by atomic mass is 10.1. The minimum Gasteiger partial charge on any atom is -0.495 e. The van der Waals surface area contributed by atoms with Crippen molar-refractivity contribution < 1.29 is 17.9 Å². The van der Waals surface area contributed by atoms with Gasteiger partial charge < -0.3 is 10.1 Å². The number of nitrogens with one attached hydrogen (secondary N) is 1. The predicted molar refractivity (Wildman–Crippen MR) is 112 cm³/mol. The molecular weight excluding hydrogens is 376 g/mol. The highest BCUT2D eigenvalue weighted by molar-refractivity contribution is 7.92. The molecule has 7 heteroatoms. The van der Waals surface area contributed by atoms with Crippen molar-refractivity contribution in [1.29, 1.82) is 0 Å². The van der Waals surface area contributed by atoms with Gasteiger partial charge in [0.1, 0.15) is 12.3 Å². The summed E-state index contributed by atoms with van der Waals surface area (Å²) in [4.78, 5) is 12.4. The van der Waals surface area contributed by atoms with Crippen LogP contribution in [0.25, 0.3) is 0 Å². The minimum absolute atomic E-state index is 0.289. The average Bonchev–Trinajstić information content (AvgIpc) is 2.64. The molecule has 0 heterocycles. The van der Waals surface area contributed by atoms with Gasteiger partial charge in [-0.3, -0.25) is 9.10 Å². The summed E-state index contributed by atoms with van der Waals surface area (Å²) in [5.41, 5.74) is 3.66. The average molecular weight is 405 g/mol. The monoisotopic (exact) mass is 404 g/mol. The number of sulfonamides is 1. The van der Waals surface area contributed by atoms with Gasteiger partial charge in [-0.1, -0.05) is 35.9 Å². The molecule has 1 N–H and O–H groups in total. The van der Waals surface area contributed by atoms with E-state index in [-0.39, 0.29) is 12.5 Å². The van der Waals surface area contributed by atoms with E-state index in [1.54, 1.807) is 12.1 Å². The first-order valence-corrected chi connectivity index (χ1v) is 11.0. The molecule has 0 saturated heterocycles. The minimum atomic E-state index is -3.65. The standard InChI is InChI=1S/C21H28N2O4S/c1-16-7-10-18(11-8-16)6-5-13-22-21(24)15-23(28(4,25)26)19-14-17(2)9-12-20(19)27-3/h7-12,14H,5-6,13,15H2,1-4H3,(H,22,24). The van der Waals surface area contributed by atoms with Crippen LogP contribution in [0.5, 0.6) is 5.75 Å². The Morgan fingerprint density at radius 3 is 2.32 bits per heavy atom. The van der Waals surface area contributed by atoms with E-state index in [1.807, 2.05) is 19.9 Å². The van der Waals surface area contributed by atoms with Crippen LogP contribution >= 0.6 is 0 Å². The first-order chi connectivity index (χ1) is 13.2. The summed E-state index contributed by atoms with van der Waals surface area (Å²) in [6, 6.07) is 13.5. The van der Waals surface area contributed by atoms with Crippen LogP contribution in [0.15, 0.2) is 42.5 Å². The summed E-state index contributed by atoms with van der Waals surface area (Å²) in [5, 5.41) is 2.80. The Morgan fingerprint density at radius 2 is 1.71 bits per heavy atom.